The highest BCUT2D eigenvalue weighted by atomic mass is 127. The van der Waals surface area contributed by atoms with Crippen molar-refractivity contribution in [1.82, 2.24) is 10.2 Å². The first-order valence-corrected chi connectivity index (χ1v) is 12.6. The van der Waals surface area contributed by atoms with Gasteiger partial charge < -0.3 is 29.9 Å². The first kappa shape index (κ1) is 25.9. The molecule has 0 spiro atoms. The van der Waals surface area contributed by atoms with Crippen LogP contribution < -0.4 is 10.1 Å². The van der Waals surface area contributed by atoms with Gasteiger partial charge in [0.25, 0.3) is 0 Å². The maximum absolute atomic E-state index is 13.1. The van der Waals surface area contributed by atoms with E-state index in [1.807, 2.05) is 31.2 Å². The number of carbonyl (C=O) groups is 2. The van der Waals surface area contributed by atoms with Crippen LogP contribution in [-0.4, -0.2) is 77.6 Å². The Morgan fingerprint density at radius 1 is 1.33 bits per heavy atom. The molecule has 2 aliphatic rings. The first-order valence-electron chi connectivity index (χ1n) is 11.5. The lowest BCUT2D eigenvalue weighted by atomic mass is 9.87. The van der Waals surface area contributed by atoms with E-state index in [0.717, 1.165) is 16.4 Å². The van der Waals surface area contributed by atoms with Crippen LogP contribution in [0.4, 0.5) is 0 Å². The number of halogens is 1. The van der Waals surface area contributed by atoms with Gasteiger partial charge in [-0.15, -0.1) is 0 Å². The topological polar surface area (TPSA) is 108 Å². The second-order valence-electron chi connectivity index (χ2n) is 8.38. The number of aliphatic hydroxyl groups is 2. The molecule has 0 radical (unpaired) electrons. The minimum absolute atomic E-state index is 0.0675. The highest BCUT2D eigenvalue weighted by Crippen LogP contribution is 2.30. The normalized spacial score (nSPS) is 24.8. The Balaban J connectivity index is 1.90. The average molecular weight is 572 g/mol. The smallest absolute Gasteiger partial charge is 0.247 e. The van der Waals surface area contributed by atoms with Crippen LogP contribution in [0.5, 0.6) is 5.75 Å². The Morgan fingerprint density at radius 3 is 2.79 bits per heavy atom. The second-order valence-corrected chi connectivity index (χ2v) is 9.54. The van der Waals surface area contributed by atoms with Gasteiger partial charge in [-0.05, 0) is 60.1 Å². The van der Waals surface area contributed by atoms with Crippen LogP contribution in [-0.2, 0) is 14.3 Å². The number of para-hydroxylation sites is 1. The summed E-state index contributed by atoms with van der Waals surface area (Å²) in [4.78, 5) is 27.6. The molecule has 1 fully saturated rings. The van der Waals surface area contributed by atoms with Crippen LogP contribution in [0.25, 0.3) is 0 Å². The summed E-state index contributed by atoms with van der Waals surface area (Å²) < 4.78 is 12.8. The number of hydrogen-bond donors (Lipinski definition) is 3. The summed E-state index contributed by atoms with van der Waals surface area (Å²) in [5, 5.41) is 23.1. The number of carbonyl (C=O) groups excluding carboxylic acids is 2. The number of hydrogen-bond acceptors (Lipinski definition) is 6. The van der Waals surface area contributed by atoms with Gasteiger partial charge in [0, 0.05) is 38.1 Å². The molecule has 4 atom stereocenters. The number of aliphatic hydroxyl groups excluding tert-OH is 2. The number of nitrogens with one attached hydrogen (secondary N) is 1. The van der Waals surface area contributed by atoms with Gasteiger partial charge in [0.2, 0.25) is 11.8 Å². The van der Waals surface area contributed by atoms with E-state index in [4.69, 9.17) is 14.6 Å². The number of rotatable bonds is 10. The van der Waals surface area contributed by atoms with E-state index in [0.29, 0.717) is 37.3 Å². The maximum atomic E-state index is 13.1. The second kappa shape index (κ2) is 12.7. The van der Waals surface area contributed by atoms with E-state index in [2.05, 4.69) is 27.9 Å². The quantitative estimate of drug-likeness (QED) is 0.371. The molecule has 9 heteroatoms. The molecular formula is C24H33IN2O6. The average Bonchev–Trinajstić information content (AvgIpc) is 3.32. The summed E-state index contributed by atoms with van der Waals surface area (Å²) in [6, 6.07) is 6.82. The van der Waals surface area contributed by atoms with Gasteiger partial charge in [-0.25, -0.2) is 0 Å². The first-order chi connectivity index (χ1) is 15.9. The number of benzene rings is 1. The van der Waals surface area contributed by atoms with Crippen molar-refractivity contribution in [3.8, 4) is 5.75 Å². The Hall–Kier alpha value is -1.69. The Morgan fingerprint density at radius 2 is 2.12 bits per heavy atom. The van der Waals surface area contributed by atoms with Gasteiger partial charge in [0.05, 0.1) is 22.3 Å². The molecule has 1 heterocycles. The van der Waals surface area contributed by atoms with Crippen LogP contribution in [0.15, 0.2) is 35.9 Å². The molecular weight excluding hydrogens is 539 g/mol. The molecule has 2 amide bonds. The highest BCUT2D eigenvalue weighted by Gasteiger charge is 2.41. The summed E-state index contributed by atoms with van der Waals surface area (Å²) in [5.74, 6) is 0.194. The molecule has 8 nitrogen and oxygen atoms in total. The maximum Gasteiger partial charge on any atom is 0.247 e. The van der Waals surface area contributed by atoms with E-state index in [1.54, 1.807) is 11.0 Å². The Bertz CT molecular complexity index is 842. The Kier molecular flexibility index (Phi) is 9.96. The Labute approximate surface area is 208 Å². The fourth-order valence-corrected chi connectivity index (χ4v) is 4.77. The summed E-state index contributed by atoms with van der Waals surface area (Å²) >= 11 is 2.16. The highest BCUT2D eigenvalue weighted by molar-refractivity contribution is 14.1. The predicted molar refractivity (Wildman–Crippen MR) is 132 cm³/mol. The molecule has 3 N–H and O–H groups in total. The number of amides is 2. The van der Waals surface area contributed by atoms with E-state index in [1.165, 1.54) is 0 Å². The van der Waals surface area contributed by atoms with E-state index < -0.39 is 18.2 Å². The van der Waals surface area contributed by atoms with E-state index in [9.17, 15) is 14.7 Å². The van der Waals surface area contributed by atoms with Gasteiger partial charge in [0.15, 0.2) is 0 Å². The van der Waals surface area contributed by atoms with Crippen LogP contribution in [0.3, 0.4) is 0 Å². The van der Waals surface area contributed by atoms with E-state index in [-0.39, 0.29) is 37.5 Å². The van der Waals surface area contributed by atoms with Gasteiger partial charge in [-0.2, -0.15) is 0 Å². The molecule has 0 aromatic heterocycles. The van der Waals surface area contributed by atoms with Crippen LogP contribution in [0.1, 0.15) is 39.0 Å². The lowest BCUT2D eigenvalue weighted by Crippen LogP contribution is -2.56. The van der Waals surface area contributed by atoms with Gasteiger partial charge in [0.1, 0.15) is 18.0 Å². The third-order valence-electron chi connectivity index (χ3n) is 5.92. The summed E-state index contributed by atoms with van der Waals surface area (Å²) in [7, 11) is 0. The number of ether oxygens (including phenoxy) is 2. The number of nitrogens with zero attached hydrogens (tertiary/aromatic N) is 1. The zero-order chi connectivity index (χ0) is 23.8. The third kappa shape index (κ3) is 6.91. The lowest BCUT2D eigenvalue weighted by molar-refractivity contribution is -0.140. The molecule has 1 aromatic rings. The lowest BCUT2D eigenvalue weighted by Gasteiger charge is -2.41. The third-order valence-corrected chi connectivity index (χ3v) is 6.81. The fourth-order valence-electron chi connectivity index (χ4n) is 4.25. The zero-order valence-corrected chi connectivity index (χ0v) is 21.1. The van der Waals surface area contributed by atoms with Crippen molar-refractivity contribution >= 4 is 34.4 Å². The molecule has 3 rings (SSSR count). The fraction of sp³-hybridized carbons (Fsp3) is 0.583. The molecule has 0 unspecified atom stereocenters. The van der Waals surface area contributed by atoms with E-state index >= 15 is 0 Å². The van der Waals surface area contributed by atoms with Crippen molar-refractivity contribution in [2.75, 3.05) is 26.3 Å². The monoisotopic (exact) mass is 572 g/mol. The molecule has 0 bridgehead atoms. The summed E-state index contributed by atoms with van der Waals surface area (Å²) in [5.41, 5.74) is 0.427. The van der Waals surface area contributed by atoms with Gasteiger partial charge in [-0.1, -0.05) is 19.1 Å². The molecule has 33 heavy (non-hydrogen) atoms. The van der Waals surface area contributed by atoms with Crippen molar-refractivity contribution in [3.05, 3.63) is 39.5 Å². The van der Waals surface area contributed by atoms with Gasteiger partial charge >= 0.3 is 0 Å². The molecule has 1 aliphatic carbocycles. The van der Waals surface area contributed by atoms with Crippen molar-refractivity contribution in [3.63, 3.8) is 0 Å². The SMILES string of the molecule is CCCC(=O)N(C[C@H]1CCCO1)[C@@H]1CC(C(=O)NCCO)=C[C@H](Oc2ccccc2I)[C@H]1O. The molecule has 1 aromatic carbocycles. The largest absolute Gasteiger partial charge is 0.482 e. The summed E-state index contributed by atoms with van der Waals surface area (Å²) in [6.45, 7) is 2.94. The molecule has 0 saturated carbocycles. The zero-order valence-electron chi connectivity index (χ0n) is 18.9. The minimum atomic E-state index is -1.02. The van der Waals surface area contributed by atoms with Crippen LogP contribution >= 0.6 is 22.6 Å². The molecule has 1 saturated heterocycles. The standard InChI is InChI=1S/C24H33IN2O6/c1-2-6-22(29)27(15-17-7-5-12-32-17)19-13-16(24(31)26-10-11-28)14-21(23(19)30)33-20-9-4-3-8-18(20)25/h3-4,8-9,14,17,19,21,23,28,30H,2,5-7,10-13,15H2,1H3,(H,26,31)/t17-,19-,21+,23+/m1/s1. The molecule has 182 valence electrons. The van der Waals surface area contributed by atoms with Crippen LogP contribution in [0, 0.1) is 3.57 Å². The van der Waals surface area contributed by atoms with Crippen molar-refractivity contribution < 1.29 is 29.3 Å². The molecule has 1 aliphatic heterocycles. The summed E-state index contributed by atoms with van der Waals surface area (Å²) in [6.07, 6.45) is 2.77. The van der Waals surface area contributed by atoms with Crippen molar-refractivity contribution in [2.45, 2.75) is 63.4 Å². The van der Waals surface area contributed by atoms with Crippen molar-refractivity contribution in [2.24, 2.45) is 0 Å². The van der Waals surface area contributed by atoms with Gasteiger partial charge in [-0.3, -0.25) is 9.59 Å². The predicted octanol–water partition coefficient (Wildman–Crippen LogP) is 2.01. The van der Waals surface area contributed by atoms with Crippen molar-refractivity contribution in [1.29, 1.82) is 0 Å². The minimum Gasteiger partial charge on any atom is -0.482 e. The van der Waals surface area contributed by atoms with Crippen LogP contribution in [0.2, 0.25) is 0 Å².